The molecule has 0 aromatic carbocycles. The van der Waals surface area contributed by atoms with Crippen LogP contribution in [0.4, 0.5) is 0 Å². The molecule has 0 aliphatic heterocycles. The number of ether oxygens (including phenoxy) is 1. The normalized spacial score (nSPS) is 10.2. The molecule has 0 bridgehead atoms. The third-order valence-corrected chi connectivity index (χ3v) is 2.32. The molecule has 0 saturated carbocycles. The highest BCUT2D eigenvalue weighted by atomic mass is 35.5. The van der Waals surface area contributed by atoms with Crippen LogP contribution in [-0.4, -0.2) is 23.3 Å². The number of pyridine rings is 1. The van der Waals surface area contributed by atoms with Gasteiger partial charge in [-0.2, -0.15) is 0 Å². The molecule has 0 amide bonds. The van der Waals surface area contributed by atoms with Gasteiger partial charge in [-0.3, -0.25) is 5.21 Å². The summed E-state index contributed by atoms with van der Waals surface area (Å²) in [5.41, 5.74) is 0.606. The second kappa shape index (κ2) is 4.42. The van der Waals surface area contributed by atoms with E-state index in [9.17, 15) is 10.0 Å². The van der Waals surface area contributed by atoms with E-state index in [0.717, 1.165) is 4.73 Å². The minimum Gasteiger partial charge on any atom is -0.464 e. The van der Waals surface area contributed by atoms with E-state index < -0.39 is 5.97 Å². The molecule has 1 N–H and O–H groups in total. The molecule has 7 heteroatoms. The summed E-state index contributed by atoms with van der Waals surface area (Å²) in [6.07, 6.45) is 2.52. The molecule has 2 aromatic heterocycles. The molecule has 0 fully saturated rings. The molecule has 0 radical (unpaired) electrons. The Morgan fingerprint density at radius 1 is 1.65 bits per heavy atom. The zero-order chi connectivity index (χ0) is 12.4. The summed E-state index contributed by atoms with van der Waals surface area (Å²) < 4.78 is 10.3. The van der Waals surface area contributed by atoms with Gasteiger partial charge in [0.2, 0.25) is 12.1 Å². The van der Waals surface area contributed by atoms with Crippen molar-refractivity contribution < 1.29 is 23.9 Å². The first-order valence-electron chi connectivity index (χ1n) is 4.56. The van der Waals surface area contributed by atoms with Gasteiger partial charge in [0, 0.05) is 16.9 Å². The zero-order valence-electron chi connectivity index (χ0n) is 8.75. The smallest absolute Gasteiger partial charge is 0.360 e. The van der Waals surface area contributed by atoms with Crippen molar-refractivity contribution in [1.29, 1.82) is 0 Å². The number of carbonyl (C=O) groups excluding carboxylic acids is 1. The lowest BCUT2D eigenvalue weighted by molar-refractivity contribution is -0.903. The Morgan fingerprint density at radius 3 is 3.06 bits per heavy atom. The maximum atomic E-state index is 11.2. The Morgan fingerprint density at radius 2 is 2.41 bits per heavy atom. The number of methoxy groups -OCH3 is 1. The Labute approximate surface area is 101 Å². The van der Waals surface area contributed by atoms with Gasteiger partial charge in [-0.1, -0.05) is 0 Å². The van der Waals surface area contributed by atoms with Crippen molar-refractivity contribution in [2.24, 2.45) is 0 Å². The second-order valence-electron chi connectivity index (χ2n) is 3.11. The molecular weight excluding hydrogens is 248 g/mol. The molecule has 0 unspecified atom stereocenters. The Hall–Kier alpha value is -2.08. The van der Waals surface area contributed by atoms with Crippen LogP contribution in [0.2, 0.25) is 5.15 Å². The van der Waals surface area contributed by atoms with Crippen LogP contribution in [0.5, 0.6) is 0 Å². The fourth-order valence-electron chi connectivity index (χ4n) is 1.20. The third kappa shape index (κ3) is 2.21. The Bertz CT molecular complexity index is 567. The van der Waals surface area contributed by atoms with Gasteiger partial charge in [0.1, 0.15) is 6.26 Å². The lowest BCUT2D eigenvalue weighted by Crippen LogP contribution is -2.30. The average molecular weight is 256 g/mol. The summed E-state index contributed by atoms with van der Waals surface area (Å²) in [6.45, 7) is 0. The van der Waals surface area contributed by atoms with Crippen molar-refractivity contribution in [2.75, 3.05) is 7.11 Å². The van der Waals surface area contributed by atoms with E-state index in [1.54, 1.807) is 6.07 Å². The third-order valence-electron chi connectivity index (χ3n) is 2.03. The van der Waals surface area contributed by atoms with Crippen molar-refractivity contribution >= 4 is 17.6 Å². The van der Waals surface area contributed by atoms with Crippen LogP contribution in [-0.2, 0) is 4.74 Å². The Balaban J connectivity index is 2.37. The lowest BCUT2D eigenvalue weighted by atomic mass is 10.3. The first-order chi connectivity index (χ1) is 8.11. The molecule has 0 atom stereocenters. The molecule has 0 spiro atoms. The highest BCUT2D eigenvalue weighted by molar-refractivity contribution is 6.28. The number of aromatic nitrogens is 2. The molecule has 2 heterocycles. The molecule has 6 nitrogen and oxygen atoms in total. The van der Waals surface area contributed by atoms with Crippen molar-refractivity contribution in [3.8, 4) is 11.5 Å². The summed E-state index contributed by atoms with van der Waals surface area (Å²) in [4.78, 5) is 15.1. The maximum absolute atomic E-state index is 11.2. The number of nitrogens with zero attached hydrogens (tertiary/aromatic N) is 2. The number of rotatable bonds is 2. The van der Waals surface area contributed by atoms with Gasteiger partial charge < -0.3 is 9.15 Å². The van der Waals surface area contributed by atoms with E-state index in [-0.39, 0.29) is 16.7 Å². The highest BCUT2D eigenvalue weighted by Crippen LogP contribution is 2.19. The van der Waals surface area contributed by atoms with Gasteiger partial charge >= 0.3 is 11.1 Å². The topological polar surface area (TPSA) is 76.4 Å². The molecule has 17 heavy (non-hydrogen) atoms. The number of hydrogen-bond acceptors (Lipinski definition) is 5. The molecule has 88 valence electrons. The molecule has 0 saturated heterocycles. The minimum atomic E-state index is -0.584. The van der Waals surface area contributed by atoms with Gasteiger partial charge in [0.25, 0.3) is 0 Å². The molecular formula is C10H8ClN2O4+. The van der Waals surface area contributed by atoms with Gasteiger partial charge in [-0.05, 0) is 11.6 Å². The minimum absolute atomic E-state index is 0.0688. The van der Waals surface area contributed by atoms with Crippen LogP contribution >= 0.6 is 11.6 Å². The van der Waals surface area contributed by atoms with E-state index in [1.807, 2.05) is 0 Å². The summed E-state index contributed by atoms with van der Waals surface area (Å²) >= 11 is 5.71. The molecule has 2 rings (SSSR count). The lowest BCUT2D eigenvalue weighted by Gasteiger charge is -1.93. The SMILES string of the molecule is COC(=O)c1coc(-c2cc[n+](O)c(Cl)c2)n1. The summed E-state index contributed by atoms with van der Waals surface area (Å²) in [6, 6.07) is 2.99. The number of oxazole rings is 1. The first-order valence-corrected chi connectivity index (χ1v) is 4.94. The predicted octanol–water partition coefficient (Wildman–Crippen LogP) is 1.31. The number of halogens is 1. The number of esters is 1. The second-order valence-corrected chi connectivity index (χ2v) is 3.50. The molecule has 2 aromatic rings. The van der Waals surface area contributed by atoms with Gasteiger partial charge in [-0.25, -0.2) is 9.78 Å². The first kappa shape index (κ1) is 11.4. The van der Waals surface area contributed by atoms with Gasteiger partial charge in [-0.15, -0.1) is 0 Å². The van der Waals surface area contributed by atoms with Crippen LogP contribution in [0.3, 0.4) is 0 Å². The van der Waals surface area contributed by atoms with E-state index in [4.69, 9.17) is 16.0 Å². The summed E-state index contributed by atoms with van der Waals surface area (Å²) in [7, 11) is 1.25. The highest BCUT2D eigenvalue weighted by Gasteiger charge is 2.16. The van der Waals surface area contributed by atoms with E-state index >= 15 is 0 Å². The zero-order valence-corrected chi connectivity index (χ0v) is 9.51. The maximum Gasteiger partial charge on any atom is 0.360 e. The number of carbonyl (C=O) groups is 1. The van der Waals surface area contributed by atoms with E-state index in [1.165, 1.54) is 25.6 Å². The summed E-state index contributed by atoms with van der Waals surface area (Å²) in [5, 5.41) is 9.28. The average Bonchev–Trinajstić information content (AvgIpc) is 2.81. The molecule has 0 aliphatic rings. The molecule has 0 aliphatic carbocycles. The Kier molecular flexibility index (Phi) is 2.97. The quantitative estimate of drug-likeness (QED) is 0.379. The predicted molar refractivity (Wildman–Crippen MR) is 55.7 cm³/mol. The van der Waals surface area contributed by atoms with Crippen molar-refractivity contribution in [1.82, 2.24) is 4.98 Å². The van der Waals surface area contributed by atoms with Crippen molar-refractivity contribution in [2.45, 2.75) is 0 Å². The standard InChI is InChI=1S/C10H8ClN2O4/c1-16-10(14)7-5-17-9(12-7)6-2-3-13(15)8(11)4-6/h2-5,15H,1H3/q+1. The van der Waals surface area contributed by atoms with Gasteiger partial charge in [0.05, 0.1) is 12.7 Å². The van der Waals surface area contributed by atoms with Crippen LogP contribution in [0.15, 0.2) is 29.0 Å². The van der Waals surface area contributed by atoms with Crippen LogP contribution < -0.4 is 4.73 Å². The summed E-state index contributed by atoms with van der Waals surface area (Å²) in [5.74, 6) is -0.368. The fourth-order valence-corrected chi connectivity index (χ4v) is 1.38. The van der Waals surface area contributed by atoms with Crippen LogP contribution in [0.1, 0.15) is 10.5 Å². The monoisotopic (exact) mass is 255 g/mol. The van der Waals surface area contributed by atoms with E-state index in [0.29, 0.717) is 5.56 Å². The van der Waals surface area contributed by atoms with Crippen LogP contribution in [0.25, 0.3) is 11.5 Å². The van der Waals surface area contributed by atoms with Gasteiger partial charge in [0.15, 0.2) is 5.69 Å². The van der Waals surface area contributed by atoms with Crippen LogP contribution in [0, 0.1) is 0 Å². The van der Waals surface area contributed by atoms with Crippen molar-refractivity contribution in [3.63, 3.8) is 0 Å². The number of hydrogen-bond donors (Lipinski definition) is 1. The van der Waals surface area contributed by atoms with Crippen molar-refractivity contribution in [3.05, 3.63) is 35.4 Å². The fraction of sp³-hybridized carbons (Fsp3) is 0.100. The largest absolute Gasteiger partial charge is 0.464 e. The van der Waals surface area contributed by atoms with E-state index in [2.05, 4.69) is 9.72 Å².